The van der Waals surface area contributed by atoms with Crippen LogP contribution in [0, 0.1) is 6.92 Å². The van der Waals surface area contributed by atoms with Crippen LogP contribution >= 0.6 is 22.9 Å². The van der Waals surface area contributed by atoms with Crippen LogP contribution in [-0.4, -0.2) is 27.7 Å². The molecular weight excluding hydrogens is 420 g/mol. The standard InChI is InChI=1S/C23H19ClN2O3S/c1-14-18(23(27)28)11-21(26(14)12-15-7-9-16(29-2)10-8-15)20-13-30-22(25-20)17-5-3-4-6-19(17)24/h3-11,13H,12H2,1-2H3,(H,27,28). The first-order valence-corrected chi connectivity index (χ1v) is 10.5. The highest BCUT2D eigenvalue weighted by Crippen LogP contribution is 2.34. The first-order chi connectivity index (χ1) is 14.5. The number of carboxylic acid groups (broad SMARTS) is 1. The van der Waals surface area contributed by atoms with Crippen molar-refractivity contribution in [2.24, 2.45) is 0 Å². The van der Waals surface area contributed by atoms with Gasteiger partial charge in [-0.3, -0.25) is 0 Å². The van der Waals surface area contributed by atoms with Gasteiger partial charge < -0.3 is 14.4 Å². The quantitative estimate of drug-likeness (QED) is 0.401. The number of aromatic carboxylic acids is 1. The fourth-order valence-electron chi connectivity index (χ4n) is 3.34. The smallest absolute Gasteiger partial charge is 0.337 e. The van der Waals surface area contributed by atoms with Crippen LogP contribution in [0.3, 0.4) is 0 Å². The number of thiazole rings is 1. The molecule has 0 amide bonds. The summed E-state index contributed by atoms with van der Waals surface area (Å²) < 4.78 is 7.21. The van der Waals surface area contributed by atoms with Gasteiger partial charge in [-0.2, -0.15) is 0 Å². The second-order valence-corrected chi connectivity index (χ2v) is 8.05. The number of rotatable bonds is 6. The van der Waals surface area contributed by atoms with Crippen molar-refractivity contribution in [3.05, 3.63) is 81.8 Å². The van der Waals surface area contributed by atoms with Crippen molar-refractivity contribution in [3.63, 3.8) is 0 Å². The second kappa shape index (κ2) is 8.34. The van der Waals surface area contributed by atoms with Crippen LogP contribution in [0.15, 0.2) is 60.0 Å². The fraction of sp³-hybridized carbons (Fsp3) is 0.130. The van der Waals surface area contributed by atoms with Crippen molar-refractivity contribution in [2.75, 3.05) is 7.11 Å². The molecule has 0 aliphatic rings. The molecule has 2 aromatic carbocycles. The lowest BCUT2D eigenvalue weighted by Crippen LogP contribution is -2.06. The van der Waals surface area contributed by atoms with Crippen LogP contribution in [0.2, 0.25) is 5.02 Å². The minimum absolute atomic E-state index is 0.269. The summed E-state index contributed by atoms with van der Waals surface area (Å²) in [6.07, 6.45) is 0. The molecule has 7 heteroatoms. The van der Waals surface area contributed by atoms with Crippen molar-refractivity contribution in [2.45, 2.75) is 13.5 Å². The number of carbonyl (C=O) groups is 1. The lowest BCUT2D eigenvalue weighted by atomic mass is 10.2. The van der Waals surface area contributed by atoms with Gasteiger partial charge in [-0.15, -0.1) is 11.3 Å². The van der Waals surface area contributed by atoms with E-state index in [0.29, 0.717) is 17.3 Å². The zero-order chi connectivity index (χ0) is 21.3. The zero-order valence-electron chi connectivity index (χ0n) is 16.4. The molecule has 152 valence electrons. The molecule has 4 rings (SSSR count). The van der Waals surface area contributed by atoms with E-state index in [1.807, 2.05) is 65.4 Å². The summed E-state index contributed by atoms with van der Waals surface area (Å²) >= 11 is 7.80. The van der Waals surface area contributed by atoms with Crippen molar-refractivity contribution >= 4 is 28.9 Å². The summed E-state index contributed by atoms with van der Waals surface area (Å²) in [7, 11) is 1.63. The molecule has 5 nitrogen and oxygen atoms in total. The molecule has 0 fully saturated rings. The number of nitrogens with zero attached hydrogens (tertiary/aromatic N) is 2. The van der Waals surface area contributed by atoms with Crippen molar-refractivity contribution in [1.29, 1.82) is 0 Å². The van der Waals surface area contributed by atoms with Gasteiger partial charge in [-0.05, 0) is 36.8 Å². The van der Waals surface area contributed by atoms with Crippen LogP contribution < -0.4 is 4.74 Å². The van der Waals surface area contributed by atoms with Crippen LogP contribution in [-0.2, 0) is 6.54 Å². The molecule has 0 unspecified atom stereocenters. The van der Waals surface area contributed by atoms with E-state index >= 15 is 0 Å². The molecule has 4 aromatic rings. The number of ether oxygens (including phenoxy) is 1. The van der Waals surface area contributed by atoms with Gasteiger partial charge in [-0.1, -0.05) is 41.9 Å². The van der Waals surface area contributed by atoms with Gasteiger partial charge in [0.2, 0.25) is 0 Å². The Kier molecular flexibility index (Phi) is 5.61. The minimum atomic E-state index is -0.955. The molecule has 30 heavy (non-hydrogen) atoms. The number of halogens is 1. The van der Waals surface area contributed by atoms with Crippen molar-refractivity contribution < 1.29 is 14.6 Å². The van der Waals surface area contributed by atoms with Crippen LogP contribution in [0.4, 0.5) is 0 Å². The van der Waals surface area contributed by atoms with Gasteiger partial charge in [0.25, 0.3) is 0 Å². The number of aromatic nitrogens is 2. The van der Waals surface area contributed by atoms with E-state index in [0.717, 1.165) is 33.3 Å². The average molecular weight is 439 g/mol. The first-order valence-electron chi connectivity index (χ1n) is 9.25. The van der Waals surface area contributed by atoms with Gasteiger partial charge in [0.05, 0.1) is 29.1 Å². The number of carboxylic acids is 1. The van der Waals surface area contributed by atoms with Crippen LogP contribution in [0.1, 0.15) is 21.6 Å². The first kappa shape index (κ1) is 20.2. The number of hydrogen-bond acceptors (Lipinski definition) is 4. The van der Waals surface area contributed by atoms with E-state index < -0.39 is 5.97 Å². The van der Waals surface area contributed by atoms with Gasteiger partial charge >= 0.3 is 5.97 Å². The number of hydrogen-bond donors (Lipinski definition) is 1. The predicted molar refractivity (Wildman–Crippen MR) is 120 cm³/mol. The molecule has 0 aliphatic carbocycles. The molecule has 0 aliphatic heterocycles. The topological polar surface area (TPSA) is 64.4 Å². The second-order valence-electron chi connectivity index (χ2n) is 6.79. The third kappa shape index (κ3) is 3.84. The van der Waals surface area contributed by atoms with E-state index in [1.165, 1.54) is 11.3 Å². The van der Waals surface area contributed by atoms with Crippen molar-refractivity contribution in [3.8, 4) is 27.7 Å². The van der Waals surface area contributed by atoms with Gasteiger partial charge in [-0.25, -0.2) is 9.78 Å². The van der Waals surface area contributed by atoms with E-state index in [-0.39, 0.29) is 5.56 Å². The fourth-order valence-corrected chi connectivity index (χ4v) is 4.47. The van der Waals surface area contributed by atoms with E-state index in [4.69, 9.17) is 21.3 Å². The molecule has 2 aromatic heterocycles. The average Bonchev–Trinajstić information content (AvgIpc) is 3.34. The predicted octanol–water partition coefficient (Wildman–Crippen LogP) is 6.00. The Labute approximate surface area is 183 Å². The number of methoxy groups -OCH3 is 1. The number of benzene rings is 2. The SMILES string of the molecule is COc1ccc(Cn2c(-c3csc(-c4ccccc4Cl)n3)cc(C(=O)O)c2C)cc1. The molecule has 0 radical (unpaired) electrons. The maximum atomic E-state index is 11.8. The lowest BCUT2D eigenvalue weighted by Gasteiger charge is -2.11. The third-order valence-corrected chi connectivity index (χ3v) is 6.17. The highest BCUT2D eigenvalue weighted by molar-refractivity contribution is 7.13. The van der Waals surface area contributed by atoms with Gasteiger partial charge in [0.1, 0.15) is 10.8 Å². The summed E-state index contributed by atoms with van der Waals surface area (Å²) in [5.41, 5.74) is 4.33. The summed E-state index contributed by atoms with van der Waals surface area (Å²) in [4.78, 5) is 16.5. The monoisotopic (exact) mass is 438 g/mol. The normalized spacial score (nSPS) is 10.9. The Morgan fingerprint density at radius 3 is 2.60 bits per heavy atom. The summed E-state index contributed by atoms with van der Waals surface area (Å²) in [6, 6.07) is 17.0. The third-order valence-electron chi connectivity index (χ3n) is 4.97. The maximum absolute atomic E-state index is 11.8. The Balaban J connectivity index is 1.77. The van der Waals surface area contributed by atoms with Crippen LogP contribution in [0.5, 0.6) is 5.75 Å². The molecule has 1 N–H and O–H groups in total. The molecule has 0 bridgehead atoms. The molecule has 0 atom stereocenters. The Morgan fingerprint density at radius 1 is 1.20 bits per heavy atom. The minimum Gasteiger partial charge on any atom is -0.497 e. The zero-order valence-corrected chi connectivity index (χ0v) is 18.0. The molecular formula is C23H19ClN2O3S. The van der Waals surface area contributed by atoms with E-state index in [2.05, 4.69) is 0 Å². The molecule has 0 saturated carbocycles. The molecule has 0 saturated heterocycles. The lowest BCUT2D eigenvalue weighted by molar-refractivity contribution is 0.0696. The van der Waals surface area contributed by atoms with Crippen LogP contribution in [0.25, 0.3) is 22.0 Å². The summed E-state index contributed by atoms with van der Waals surface area (Å²) in [6.45, 7) is 2.34. The summed E-state index contributed by atoms with van der Waals surface area (Å²) in [5.74, 6) is -0.179. The summed E-state index contributed by atoms with van der Waals surface area (Å²) in [5, 5.41) is 13.0. The Morgan fingerprint density at radius 2 is 1.93 bits per heavy atom. The maximum Gasteiger partial charge on any atom is 0.337 e. The largest absolute Gasteiger partial charge is 0.497 e. The van der Waals surface area contributed by atoms with E-state index in [9.17, 15) is 9.90 Å². The highest BCUT2D eigenvalue weighted by Gasteiger charge is 2.20. The van der Waals surface area contributed by atoms with Crippen molar-refractivity contribution in [1.82, 2.24) is 9.55 Å². The Hall–Kier alpha value is -3.09. The van der Waals surface area contributed by atoms with Gasteiger partial charge in [0.15, 0.2) is 0 Å². The molecule has 0 spiro atoms. The molecule has 2 heterocycles. The highest BCUT2D eigenvalue weighted by atomic mass is 35.5. The van der Waals surface area contributed by atoms with Gasteiger partial charge in [0, 0.05) is 23.2 Å². The van der Waals surface area contributed by atoms with E-state index in [1.54, 1.807) is 13.2 Å². The Bertz CT molecular complexity index is 1210.